The number of nitrogens with zero attached hydrogens (tertiary/aromatic N) is 3. The van der Waals surface area contributed by atoms with Gasteiger partial charge in [0, 0.05) is 23.0 Å². The fourth-order valence-electron chi connectivity index (χ4n) is 6.39. The van der Waals surface area contributed by atoms with E-state index in [2.05, 4.69) is 88.4 Å². The second-order valence-corrected chi connectivity index (χ2v) is 11.6. The van der Waals surface area contributed by atoms with E-state index in [1.165, 1.54) is 11.1 Å². The molecule has 0 amide bonds. The summed E-state index contributed by atoms with van der Waals surface area (Å²) >= 11 is 0. The second kappa shape index (κ2) is 12.3. The Morgan fingerprint density at radius 3 is 2.00 bits per heavy atom. The minimum absolute atomic E-state index is 0.182. The van der Waals surface area contributed by atoms with Crippen molar-refractivity contribution >= 4 is 11.0 Å². The fourth-order valence-corrected chi connectivity index (χ4v) is 6.39. The van der Waals surface area contributed by atoms with Crippen molar-refractivity contribution in [3.63, 3.8) is 0 Å². The van der Waals surface area contributed by atoms with Gasteiger partial charge in [0.25, 0.3) is 0 Å². The van der Waals surface area contributed by atoms with Gasteiger partial charge in [-0.3, -0.25) is 9.55 Å². The number of phenols is 1. The van der Waals surface area contributed by atoms with Gasteiger partial charge >= 0.3 is 0 Å². The number of aromatic hydroxyl groups is 1. The third-order valence-electron chi connectivity index (χ3n) is 8.62. The highest BCUT2D eigenvalue weighted by Crippen LogP contribution is 2.41. The lowest BCUT2D eigenvalue weighted by Crippen LogP contribution is -1.98. The monoisotopic (exact) mass is 605 g/mol. The molecular weight excluding hydrogens is 574 g/mol. The molecule has 8 rings (SSSR count). The zero-order chi connectivity index (χ0) is 31.6. The lowest BCUT2D eigenvalue weighted by molar-refractivity contribution is 0.477. The maximum atomic E-state index is 11.5. The van der Waals surface area contributed by atoms with Crippen LogP contribution in [-0.2, 0) is 6.42 Å². The van der Waals surface area contributed by atoms with Gasteiger partial charge in [-0.2, -0.15) is 0 Å². The minimum atomic E-state index is 0.182. The molecule has 0 saturated heterocycles. The fraction of sp³-hybridized carbons (Fsp3) is 0.0233. The van der Waals surface area contributed by atoms with E-state index in [0.717, 1.165) is 56.7 Å². The number of hydrogen-bond donors (Lipinski definition) is 1. The van der Waals surface area contributed by atoms with Gasteiger partial charge in [-0.1, -0.05) is 115 Å². The SMILES string of the molecule is Oc1cc(-c2ccccc2)ccc1-c1nc2c(-c3cccc(-c4ccccn4)c3)c(Cc3ccccc3)ccc2n1-c1ccccc1. The first-order valence-corrected chi connectivity index (χ1v) is 15.8. The van der Waals surface area contributed by atoms with Crippen molar-refractivity contribution < 1.29 is 5.11 Å². The molecule has 2 aromatic heterocycles. The highest BCUT2D eigenvalue weighted by atomic mass is 16.3. The van der Waals surface area contributed by atoms with Crippen LogP contribution in [0.3, 0.4) is 0 Å². The smallest absolute Gasteiger partial charge is 0.149 e. The quantitative estimate of drug-likeness (QED) is 0.197. The van der Waals surface area contributed by atoms with Crippen molar-refractivity contribution in [2.45, 2.75) is 6.42 Å². The zero-order valence-electron chi connectivity index (χ0n) is 25.7. The van der Waals surface area contributed by atoms with Crippen LogP contribution in [0.2, 0.25) is 0 Å². The van der Waals surface area contributed by atoms with E-state index in [1.54, 1.807) is 0 Å². The molecule has 0 aliphatic rings. The van der Waals surface area contributed by atoms with E-state index in [0.29, 0.717) is 11.4 Å². The predicted octanol–water partition coefficient (Wildman–Crippen LogP) is 10.4. The maximum absolute atomic E-state index is 11.5. The number of benzene rings is 6. The predicted molar refractivity (Wildman–Crippen MR) is 192 cm³/mol. The van der Waals surface area contributed by atoms with Gasteiger partial charge < -0.3 is 5.11 Å². The number of hydrogen-bond acceptors (Lipinski definition) is 3. The summed E-state index contributed by atoms with van der Waals surface area (Å²) in [6.07, 6.45) is 2.58. The van der Waals surface area contributed by atoms with Gasteiger partial charge in [0.2, 0.25) is 0 Å². The van der Waals surface area contributed by atoms with Crippen LogP contribution in [0.25, 0.3) is 61.6 Å². The highest BCUT2D eigenvalue weighted by molar-refractivity contribution is 5.98. The summed E-state index contributed by atoms with van der Waals surface area (Å²) < 4.78 is 2.16. The zero-order valence-corrected chi connectivity index (χ0v) is 25.7. The van der Waals surface area contributed by atoms with E-state index < -0.39 is 0 Å². The topological polar surface area (TPSA) is 50.9 Å². The number of fused-ring (bicyclic) bond motifs is 1. The number of phenolic OH excluding ortho intramolecular Hbond substituents is 1. The van der Waals surface area contributed by atoms with Crippen LogP contribution in [0.5, 0.6) is 5.75 Å². The first-order valence-electron chi connectivity index (χ1n) is 15.8. The third-order valence-corrected chi connectivity index (χ3v) is 8.62. The molecular formula is C43H31N3O. The van der Waals surface area contributed by atoms with Crippen LogP contribution in [0.15, 0.2) is 170 Å². The van der Waals surface area contributed by atoms with Crippen LogP contribution in [0, 0.1) is 0 Å². The van der Waals surface area contributed by atoms with Crippen molar-refractivity contribution in [3.05, 3.63) is 181 Å². The largest absolute Gasteiger partial charge is 0.507 e. The molecule has 0 radical (unpaired) electrons. The Morgan fingerprint density at radius 1 is 0.553 bits per heavy atom. The van der Waals surface area contributed by atoms with E-state index >= 15 is 0 Å². The minimum Gasteiger partial charge on any atom is -0.507 e. The molecule has 6 aromatic carbocycles. The standard InChI is InChI=1S/C43H31N3O/c47-40-29-32(31-15-6-2-7-16-31)22-24-37(40)43-45-42-39(46(43)36-19-8-3-9-20-36)25-23-35(27-30-13-4-1-5-14-30)41(42)34-18-12-17-33(28-34)38-21-10-11-26-44-38/h1-26,28-29,47H,27H2. The molecule has 0 saturated carbocycles. The van der Waals surface area contributed by atoms with E-state index in [1.807, 2.05) is 91.1 Å². The van der Waals surface area contributed by atoms with Crippen LogP contribution in [0.1, 0.15) is 11.1 Å². The number of para-hydroxylation sites is 1. The molecule has 4 nitrogen and oxygen atoms in total. The first-order chi connectivity index (χ1) is 23.2. The van der Waals surface area contributed by atoms with Crippen molar-refractivity contribution in [1.29, 1.82) is 0 Å². The Balaban J connectivity index is 1.38. The lowest BCUT2D eigenvalue weighted by Gasteiger charge is -2.14. The number of pyridine rings is 1. The summed E-state index contributed by atoms with van der Waals surface area (Å²) in [4.78, 5) is 10.0. The first kappa shape index (κ1) is 28.2. The summed E-state index contributed by atoms with van der Waals surface area (Å²) in [6.45, 7) is 0. The van der Waals surface area contributed by atoms with Crippen LogP contribution in [-0.4, -0.2) is 19.6 Å². The molecule has 0 bridgehead atoms. The third kappa shape index (κ3) is 5.47. The second-order valence-electron chi connectivity index (χ2n) is 11.6. The van der Waals surface area contributed by atoms with Gasteiger partial charge in [0.1, 0.15) is 11.6 Å². The highest BCUT2D eigenvalue weighted by Gasteiger charge is 2.22. The molecule has 224 valence electrons. The Kier molecular flexibility index (Phi) is 7.37. The van der Waals surface area contributed by atoms with Gasteiger partial charge in [0.15, 0.2) is 0 Å². The van der Waals surface area contributed by atoms with Gasteiger partial charge in [0.05, 0.1) is 22.3 Å². The summed E-state index contributed by atoms with van der Waals surface area (Å²) in [5.74, 6) is 0.865. The van der Waals surface area contributed by atoms with Crippen molar-refractivity contribution in [2.24, 2.45) is 0 Å². The summed E-state index contributed by atoms with van der Waals surface area (Å²) in [5, 5.41) is 11.5. The molecule has 47 heavy (non-hydrogen) atoms. The molecule has 4 heteroatoms. The Labute approximate surface area is 273 Å². The van der Waals surface area contributed by atoms with Gasteiger partial charge in [-0.15, -0.1) is 0 Å². The van der Waals surface area contributed by atoms with Crippen LogP contribution in [0.4, 0.5) is 0 Å². The molecule has 1 N–H and O–H groups in total. The number of rotatable bonds is 7. The summed E-state index contributed by atoms with van der Waals surface area (Å²) in [5.41, 5.74) is 12.0. The number of aromatic nitrogens is 3. The van der Waals surface area contributed by atoms with Crippen molar-refractivity contribution in [3.8, 4) is 56.3 Å². The van der Waals surface area contributed by atoms with E-state index in [9.17, 15) is 5.11 Å². The Morgan fingerprint density at radius 2 is 1.26 bits per heavy atom. The number of imidazole rings is 1. The normalized spacial score (nSPS) is 11.1. The van der Waals surface area contributed by atoms with Crippen molar-refractivity contribution in [2.75, 3.05) is 0 Å². The van der Waals surface area contributed by atoms with Crippen LogP contribution >= 0.6 is 0 Å². The average Bonchev–Trinajstić information content (AvgIpc) is 3.52. The van der Waals surface area contributed by atoms with Gasteiger partial charge in [-0.25, -0.2) is 4.98 Å². The molecule has 0 atom stereocenters. The molecule has 0 unspecified atom stereocenters. The van der Waals surface area contributed by atoms with Gasteiger partial charge in [-0.05, 0) is 82.8 Å². The van der Waals surface area contributed by atoms with Crippen LogP contribution < -0.4 is 0 Å². The summed E-state index contributed by atoms with van der Waals surface area (Å²) in [7, 11) is 0. The average molecular weight is 606 g/mol. The molecule has 0 aliphatic heterocycles. The van der Waals surface area contributed by atoms with Crippen molar-refractivity contribution in [1.82, 2.24) is 14.5 Å². The maximum Gasteiger partial charge on any atom is 0.149 e. The lowest BCUT2D eigenvalue weighted by atomic mass is 9.92. The Hall–Kier alpha value is -6.26. The molecule has 0 aliphatic carbocycles. The molecule has 0 spiro atoms. The molecule has 2 heterocycles. The van der Waals surface area contributed by atoms with E-state index in [4.69, 9.17) is 4.98 Å². The summed E-state index contributed by atoms with van der Waals surface area (Å²) in [6, 6.07) is 55.7. The Bertz CT molecular complexity index is 2310. The molecule has 8 aromatic rings. The van der Waals surface area contributed by atoms with E-state index in [-0.39, 0.29) is 5.75 Å². The molecule has 0 fully saturated rings.